The number of amides is 1. The van der Waals surface area contributed by atoms with Gasteiger partial charge in [-0.1, -0.05) is 18.2 Å². The molecule has 11 nitrogen and oxygen atoms in total. The molecule has 3 N–H and O–H groups in total. The third-order valence-corrected chi connectivity index (χ3v) is 7.07. The minimum absolute atomic E-state index is 0.319. The number of carbonyl (C=O) groups is 1. The van der Waals surface area contributed by atoms with E-state index in [1.165, 1.54) is 23.7 Å². The van der Waals surface area contributed by atoms with E-state index in [1.807, 2.05) is 38.7 Å². The van der Waals surface area contributed by atoms with Crippen molar-refractivity contribution in [2.24, 2.45) is 0 Å². The normalized spacial score (nSPS) is 10.7. The fourth-order valence-electron chi connectivity index (χ4n) is 3.85. The molecule has 4 rings (SSSR count). The molecule has 0 spiro atoms. The van der Waals surface area contributed by atoms with Crippen LogP contribution >= 0.6 is 22.9 Å². The average Bonchev–Trinajstić information content (AvgIpc) is 3.49. The molecule has 0 saturated carbocycles. The van der Waals surface area contributed by atoms with Crippen LogP contribution in [0.25, 0.3) is 0 Å². The molecule has 42 heavy (non-hydrogen) atoms. The minimum atomic E-state index is -0.319. The molecule has 2 aromatic carbocycles. The third-order valence-electron chi connectivity index (χ3n) is 6.02. The molecule has 0 aliphatic rings. The minimum Gasteiger partial charge on any atom is -0.494 e. The Morgan fingerprint density at radius 1 is 1.02 bits per heavy atom. The molecule has 0 unspecified atom stereocenters. The highest BCUT2D eigenvalue weighted by Gasteiger charge is 2.16. The van der Waals surface area contributed by atoms with E-state index in [1.54, 1.807) is 37.6 Å². The quantitative estimate of drug-likeness (QED) is 0.152. The summed E-state index contributed by atoms with van der Waals surface area (Å²) in [5.74, 6) is 1.87. The van der Waals surface area contributed by atoms with Crippen LogP contribution in [-0.4, -0.2) is 67.1 Å². The van der Waals surface area contributed by atoms with Crippen molar-refractivity contribution >= 4 is 63.2 Å². The van der Waals surface area contributed by atoms with Gasteiger partial charge < -0.3 is 35.2 Å². The molecule has 2 heterocycles. The predicted octanol–water partition coefficient (Wildman–Crippen LogP) is 5.78. The third kappa shape index (κ3) is 8.32. The van der Waals surface area contributed by atoms with Crippen molar-refractivity contribution in [3.63, 3.8) is 0 Å². The lowest BCUT2D eigenvalue weighted by Crippen LogP contribution is -2.29. The molecule has 13 heteroatoms. The first kappa shape index (κ1) is 30.6. The number of thiazole rings is 1. The van der Waals surface area contributed by atoms with Crippen molar-refractivity contribution < 1.29 is 14.3 Å². The van der Waals surface area contributed by atoms with E-state index in [0.717, 1.165) is 29.5 Å². The largest absolute Gasteiger partial charge is 0.494 e. The molecule has 0 atom stereocenters. The van der Waals surface area contributed by atoms with Crippen LogP contribution in [0.5, 0.6) is 11.5 Å². The van der Waals surface area contributed by atoms with E-state index in [9.17, 15) is 4.79 Å². The monoisotopic (exact) mass is 608 g/mol. The standard InChI is InChI=1S/C29H33ClN8O3S/c1-6-28(39)36-21-14-22(25(40-5)15-23(21)38(4)11-10-37(2)3)35-27-16-26(32-18-33-27)34-19-7-8-24(20(30)13-19)41-17-29-31-9-12-42-29/h6-9,12-16,18H,1,10-11,17H2,2-5H3,(H,36,39)(H2,32,33,34,35). The molecule has 0 aliphatic heterocycles. The number of rotatable bonds is 14. The highest BCUT2D eigenvalue weighted by Crippen LogP contribution is 2.38. The summed E-state index contributed by atoms with van der Waals surface area (Å²) in [6.45, 7) is 5.49. The van der Waals surface area contributed by atoms with E-state index in [4.69, 9.17) is 21.1 Å². The van der Waals surface area contributed by atoms with Gasteiger partial charge in [0.1, 0.15) is 41.1 Å². The van der Waals surface area contributed by atoms with Crippen molar-refractivity contribution in [2.75, 3.05) is 62.2 Å². The van der Waals surface area contributed by atoms with E-state index >= 15 is 0 Å². The number of aromatic nitrogens is 3. The van der Waals surface area contributed by atoms with Gasteiger partial charge in [-0.25, -0.2) is 15.0 Å². The van der Waals surface area contributed by atoms with Gasteiger partial charge in [-0.3, -0.25) is 4.79 Å². The summed E-state index contributed by atoms with van der Waals surface area (Å²) in [5.41, 5.74) is 2.73. The number of anilines is 6. The van der Waals surface area contributed by atoms with Crippen LogP contribution in [0.4, 0.5) is 34.4 Å². The Bertz CT molecular complexity index is 1520. The highest BCUT2D eigenvalue weighted by atomic mass is 35.5. The lowest BCUT2D eigenvalue weighted by Gasteiger charge is -2.26. The smallest absolute Gasteiger partial charge is 0.247 e. The lowest BCUT2D eigenvalue weighted by molar-refractivity contribution is -0.111. The molecule has 220 valence electrons. The second-order valence-corrected chi connectivity index (χ2v) is 10.8. The first-order valence-electron chi connectivity index (χ1n) is 12.9. The lowest BCUT2D eigenvalue weighted by atomic mass is 10.2. The first-order chi connectivity index (χ1) is 20.2. The maximum atomic E-state index is 12.2. The fourth-order valence-corrected chi connectivity index (χ4v) is 4.61. The zero-order valence-corrected chi connectivity index (χ0v) is 25.4. The summed E-state index contributed by atoms with van der Waals surface area (Å²) in [4.78, 5) is 29.3. The van der Waals surface area contributed by atoms with E-state index in [-0.39, 0.29) is 5.91 Å². The van der Waals surface area contributed by atoms with Gasteiger partial charge >= 0.3 is 0 Å². The number of nitrogens with zero attached hydrogens (tertiary/aromatic N) is 5. The maximum absolute atomic E-state index is 12.2. The van der Waals surface area contributed by atoms with Crippen LogP contribution in [0, 0.1) is 0 Å². The van der Waals surface area contributed by atoms with E-state index < -0.39 is 0 Å². The van der Waals surface area contributed by atoms with Crippen molar-refractivity contribution in [3.8, 4) is 11.5 Å². The van der Waals surface area contributed by atoms with Crippen LogP contribution in [0.15, 0.2) is 67.0 Å². The van der Waals surface area contributed by atoms with Gasteiger partial charge in [0, 0.05) is 49.5 Å². The molecule has 2 aromatic heterocycles. The van der Waals surface area contributed by atoms with Crippen molar-refractivity contribution in [2.45, 2.75) is 6.61 Å². The Kier molecular flexibility index (Phi) is 10.5. The number of hydrogen-bond donors (Lipinski definition) is 3. The van der Waals surface area contributed by atoms with Gasteiger partial charge in [-0.05, 0) is 44.4 Å². The Morgan fingerprint density at radius 3 is 2.48 bits per heavy atom. The molecule has 0 radical (unpaired) electrons. The summed E-state index contributed by atoms with van der Waals surface area (Å²) >= 11 is 7.98. The van der Waals surface area contributed by atoms with Crippen LogP contribution in [-0.2, 0) is 11.4 Å². The van der Waals surface area contributed by atoms with Crippen molar-refractivity contribution in [3.05, 3.63) is 77.0 Å². The Morgan fingerprint density at radius 2 is 1.81 bits per heavy atom. The van der Waals surface area contributed by atoms with E-state index in [0.29, 0.717) is 46.1 Å². The number of carbonyl (C=O) groups excluding carboxylic acids is 1. The Balaban J connectivity index is 1.52. The van der Waals surface area contributed by atoms with Crippen molar-refractivity contribution in [1.29, 1.82) is 0 Å². The molecule has 0 fully saturated rings. The zero-order chi connectivity index (χ0) is 30.1. The first-order valence-corrected chi connectivity index (χ1v) is 14.2. The second-order valence-electron chi connectivity index (χ2n) is 9.39. The number of halogens is 1. The van der Waals surface area contributed by atoms with E-state index in [2.05, 4.69) is 47.3 Å². The number of methoxy groups -OCH3 is 1. The van der Waals surface area contributed by atoms with Crippen LogP contribution in [0.2, 0.25) is 5.02 Å². The molecule has 4 aromatic rings. The molecular formula is C29H33ClN8O3S. The van der Waals surface area contributed by atoms with Gasteiger partial charge in [0.25, 0.3) is 0 Å². The zero-order valence-electron chi connectivity index (χ0n) is 23.8. The predicted molar refractivity (Wildman–Crippen MR) is 170 cm³/mol. The number of hydrogen-bond acceptors (Lipinski definition) is 11. The summed E-state index contributed by atoms with van der Waals surface area (Å²) < 4.78 is 11.5. The molecular weight excluding hydrogens is 576 g/mol. The van der Waals surface area contributed by atoms with Crippen LogP contribution in [0.1, 0.15) is 5.01 Å². The summed E-state index contributed by atoms with van der Waals surface area (Å²) in [6.07, 6.45) is 4.41. The average molecular weight is 609 g/mol. The summed E-state index contributed by atoms with van der Waals surface area (Å²) in [6, 6.07) is 10.8. The Labute approximate surface area is 254 Å². The molecule has 1 amide bonds. The Hall–Kier alpha value is -4.39. The number of likely N-dealkylation sites (N-methyl/N-ethyl adjacent to an activating group) is 2. The van der Waals surface area contributed by atoms with Gasteiger partial charge in [-0.2, -0.15) is 0 Å². The van der Waals surface area contributed by atoms with Gasteiger partial charge in [0.2, 0.25) is 5.91 Å². The topological polar surface area (TPSA) is 117 Å². The summed E-state index contributed by atoms with van der Waals surface area (Å²) in [7, 11) is 7.57. The molecule has 0 bridgehead atoms. The highest BCUT2D eigenvalue weighted by molar-refractivity contribution is 7.09. The van der Waals surface area contributed by atoms with Gasteiger partial charge in [0.05, 0.1) is 29.2 Å². The van der Waals surface area contributed by atoms with Crippen LogP contribution in [0.3, 0.4) is 0 Å². The SMILES string of the molecule is C=CC(=O)Nc1cc(Nc2cc(Nc3ccc(OCc4nccs4)c(Cl)c3)ncn2)c(OC)cc1N(C)CCN(C)C. The molecule has 0 aliphatic carbocycles. The van der Waals surface area contributed by atoms with Gasteiger partial charge in [-0.15, -0.1) is 11.3 Å². The number of benzene rings is 2. The number of nitrogens with one attached hydrogen (secondary N) is 3. The number of ether oxygens (including phenoxy) is 2. The summed E-state index contributed by atoms with van der Waals surface area (Å²) in [5, 5.41) is 12.6. The van der Waals surface area contributed by atoms with Crippen LogP contribution < -0.4 is 30.3 Å². The van der Waals surface area contributed by atoms with Crippen molar-refractivity contribution in [1.82, 2.24) is 19.9 Å². The fraction of sp³-hybridized carbons (Fsp3) is 0.241. The maximum Gasteiger partial charge on any atom is 0.247 e. The van der Waals surface area contributed by atoms with Gasteiger partial charge in [0.15, 0.2) is 0 Å². The molecule has 0 saturated heterocycles. The second kappa shape index (κ2) is 14.5.